The normalized spacial score (nSPS) is 22.6. The third-order valence-corrected chi connectivity index (χ3v) is 11.7. The third-order valence-electron chi connectivity index (χ3n) is 10.2. The maximum absolute atomic E-state index is 13.0. The molecule has 388 valence electrons. The van der Waals surface area contributed by atoms with E-state index in [9.17, 15) is 58.9 Å². The highest BCUT2D eigenvalue weighted by Gasteiger charge is 2.54. The fraction of sp³-hybridized carbons (Fsp3) is 0.633. The Morgan fingerprint density at radius 2 is 1.01 bits per heavy atom. The van der Waals surface area contributed by atoms with Crippen molar-refractivity contribution < 1.29 is 82.0 Å². The molecule has 8 N–H and O–H groups in total. The zero-order valence-corrected chi connectivity index (χ0v) is 41.6. The van der Waals surface area contributed by atoms with Crippen LogP contribution in [0.4, 0.5) is 0 Å². The molecule has 0 aromatic carbocycles. The van der Waals surface area contributed by atoms with Crippen molar-refractivity contribution in [3.63, 3.8) is 0 Å². The molecule has 0 heterocycles. The summed E-state index contributed by atoms with van der Waals surface area (Å²) in [6, 6.07) is 0. The Bertz CT molecular complexity index is 1700. The molecule has 1 aliphatic rings. The number of esters is 2. The van der Waals surface area contributed by atoms with Crippen LogP contribution in [0.1, 0.15) is 136 Å². The van der Waals surface area contributed by atoms with Gasteiger partial charge in [-0.3, -0.25) is 23.2 Å². The summed E-state index contributed by atoms with van der Waals surface area (Å²) in [5, 5.41) is 51.6. The summed E-state index contributed by atoms with van der Waals surface area (Å²) in [4.78, 5) is 54.3. The van der Waals surface area contributed by atoms with Gasteiger partial charge in [0.2, 0.25) is 0 Å². The molecule has 19 heteroatoms. The van der Waals surface area contributed by atoms with Gasteiger partial charge in [-0.1, -0.05) is 137 Å². The zero-order chi connectivity index (χ0) is 50.5. The van der Waals surface area contributed by atoms with Crippen LogP contribution in [0.2, 0.25) is 0 Å². The van der Waals surface area contributed by atoms with E-state index in [1.54, 1.807) is 18.2 Å². The van der Waals surface area contributed by atoms with Crippen LogP contribution in [0.5, 0.6) is 0 Å². The maximum Gasteiger partial charge on any atom is 0.472 e. The van der Waals surface area contributed by atoms with E-state index in [1.807, 2.05) is 18.2 Å². The highest BCUT2D eigenvalue weighted by atomic mass is 31.2. The topological polar surface area (TPSA) is 276 Å². The third kappa shape index (κ3) is 32.6. The second-order valence-corrected chi connectivity index (χ2v) is 18.9. The molecular weight excluding hydrogens is 922 g/mol. The molecule has 68 heavy (non-hydrogen) atoms. The maximum atomic E-state index is 13.0. The predicted molar refractivity (Wildman–Crippen MR) is 261 cm³/mol. The van der Waals surface area contributed by atoms with Crippen molar-refractivity contribution in [3.05, 3.63) is 97.2 Å². The van der Waals surface area contributed by atoms with Crippen LogP contribution >= 0.6 is 15.6 Å². The molecular formula is C49H80O17P2. The minimum Gasteiger partial charge on any atom is -0.462 e. The monoisotopic (exact) mass is 1000 g/mol. The molecule has 9 atom stereocenters. The summed E-state index contributed by atoms with van der Waals surface area (Å²) in [6.07, 6.45) is 31.0. The minimum absolute atomic E-state index is 0.00121. The van der Waals surface area contributed by atoms with E-state index < -0.39 is 89.6 Å². The Morgan fingerprint density at radius 3 is 1.53 bits per heavy atom. The summed E-state index contributed by atoms with van der Waals surface area (Å²) in [7, 11) is -10.8. The standard InChI is InChI=1S/C49H80O17P2/c1-3-5-7-9-11-13-15-17-18-19-20-22-24-26-28-30-32-36-42(51)62-38-41(39-63-68(60,61)66-49-46(55)44(53)45(54)48(47(49)56)65-67(57,58)59)64-43(52)37-33-35-40(50)34-31-29-27-25-23-21-16-14-12-10-8-6-4-2/h11-14,17-18,20-23,26-29,31,34,40-41,44-50,53-56H,3-10,15-16,19,24-25,30,32-33,35-39H2,1-2H3,(H,60,61)(H2,57,58,59)/b13-11-,14-12-,18-17-,22-20-,23-21-,28-26-,29-27-,34-31+/t40-,41+,44?,45?,46?,47?,48+,49-/m0/s1. The van der Waals surface area contributed by atoms with E-state index in [0.29, 0.717) is 12.8 Å². The van der Waals surface area contributed by atoms with Gasteiger partial charge in [-0.15, -0.1) is 0 Å². The molecule has 0 aromatic heterocycles. The highest BCUT2D eigenvalue weighted by Crippen LogP contribution is 2.49. The van der Waals surface area contributed by atoms with Crippen LogP contribution in [0.3, 0.4) is 0 Å². The first-order valence-corrected chi connectivity index (χ1v) is 26.9. The van der Waals surface area contributed by atoms with Crippen molar-refractivity contribution >= 4 is 27.6 Å². The lowest BCUT2D eigenvalue weighted by atomic mass is 9.85. The van der Waals surface area contributed by atoms with Gasteiger partial charge in [0, 0.05) is 12.8 Å². The van der Waals surface area contributed by atoms with E-state index in [-0.39, 0.29) is 25.7 Å². The van der Waals surface area contributed by atoms with Gasteiger partial charge in [0.1, 0.15) is 43.2 Å². The van der Waals surface area contributed by atoms with Gasteiger partial charge in [0.25, 0.3) is 0 Å². The predicted octanol–water partition coefficient (Wildman–Crippen LogP) is 8.14. The lowest BCUT2D eigenvalue weighted by Crippen LogP contribution is -2.64. The quantitative estimate of drug-likeness (QED) is 0.00953. The van der Waals surface area contributed by atoms with Crippen molar-refractivity contribution in [2.24, 2.45) is 0 Å². The fourth-order valence-corrected chi connectivity index (χ4v) is 8.01. The fourth-order valence-electron chi connectivity index (χ4n) is 6.47. The summed E-state index contributed by atoms with van der Waals surface area (Å²) in [5.41, 5.74) is 0. The summed E-state index contributed by atoms with van der Waals surface area (Å²) < 4.78 is 49.2. The molecule has 1 fully saturated rings. The molecule has 0 saturated heterocycles. The Labute approximate surface area is 403 Å². The molecule has 0 bridgehead atoms. The number of ether oxygens (including phenoxy) is 2. The molecule has 0 aromatic rings. The number of aliphatic hydroxyl groups excluding tert-OH is 5. The summed E-state index contributed by atoms with van der Waals surface area (Å²) in [6.45, 7) is 2.83. The Morgan fingerprint density at radius 1 is 0.544 bits per heavy atom. The van der Waals surface area contributed by atoms with Crippen LogP contribution in [0.25, 0.3) is 0 Å². The second-order valence-electron chi connectivity index (χ2n) is 16.3. The van der Waals surface area contributed by atoms with Gasteiger partial charge < -0.3 is 49.7 Å². The van der Waals surface area contributed by atoms with Gasteiger partial charge in [-0.25, -0.2) is 9.13 Å². The van der Waals surface area contributed by atoms with Crippen molar-refractivity contribution in [1.82, 2.24) is 0 Å². The van der Waals surface area contributed by atoms with Crippen LogP contribution in [0.15, 0.2) is 97.2 Å². The van der Waals surface area contributed by atoms with Gasteiger partial charge >= 0.3 is 27.6 Å². The number of allylic oxidation sites excluding steroid dienone is 15. The Hall–Kier alpha value is -3.12. The number of aliphatic hydroxyl groups is 5. The molecule has 0 spiro atoms. The van der Waals surface area contributed by atoms with Gasteiger partial charge in [-0.05, 0) is 83.5 Å². The number of phosphoric ester groups is 2. The minimum atomic E-state index is -5.40. The van der Waals surface area contributed by atoms with Crippen LogP contribution in [-0.4, -0.2) is 114 Å². The van der Waals surface area contributed by atoms with Crippen molar-refractivity contribution in [2.75, 3.05) is 13.2 Å². The lowest BCUT2D eigenvalue weighted by molar-refractivity contribution is -0.216. The van der Waals surface area contributed by atoms with E-state index in [4.69, 9.17) is 18.5 Å². The zero-order valence-electron chi connectivity index (χ0n) is 39.9. The molecule has 1 aliphatic carbocycles. The van der Waals surface area contributed by atoms with Crippen LogP contribution in [0, 0.1) is 0 Å². The van der Waals surface area contributed by atoms with E-state index in [0.717, 1.165) is 44.9 Å². The number of hydrogen-bond donors (Lipinski definition) is 8. The van der Waals surface area contributed by atoms with Crippen molar-refractivity contribution in [1.29, 1.82) is 0 Å². The molecule has 0 amide bonds. The van der Waals surface area contributed by atoms with Crippen molar-refractivity contribution in [2.45, 2.75) is 185 Å². The first-order valence-electron chi connectivity index (χ1n) is 23.9. The molecule has 0 aliphatic heterocycles. The highest BCUT2D eigenvalue weighted by molar-refractivity contribution is 7.47. The first kappa shape index (κ1) is 62.9. The summed E-state index contributed by atoms with van der Waals surface area (Å²) >= 11 is 0. The number of unbranched alkanes of at least 4 members (excludes halogenated alkanes) is 7. The Balaban J connectivity index is 2.73. The van der Waals surface area contributed by atoms with Crippen LogP contribution < -0.4 is 0 Å². The Kier molecular flexibility index (Phi) is 35.7. The smallest absolute Gasteiger partial charge is 0.462 e. The number of carbonyl (C=O) groups excluding carboxylic acids is 2. The van der Waals surface area contributed by atoms with Crippen LogP contribution in [-0.2, 0) is 41.8 Å². The largest absolute Gasteiger partial charge is 0.472 e. The van der Waals surface area contributed by atoms with Gasteiger partial charge in [0.05, 0.1) is 12.7 Å². The second kappa shape index (κ2) is 38.6. The van der Waals surface area contributed by atoms with E-state index in [1.165, 1.54) is 38.5 Å². The van der Waals surface area contributed by atoms with E-state index in [2.05, 4.69) is 79.1 Å². The SMILES string of the molecule is CCCCC/C=C\C/C=C\C/C=C\C=C\[C@H](O)CCCC(=O)O[C@H](COC(=O)CCC/C=C\C/C=C\C/C=C\C/C=C\CCCCC)COP(=O)(O)O[C@H]1C(O)C(O)C(O)[C@@H](OP(=O)(O)O)C1O. The summed E-state index contributed by atoms with van der Waals surface area (Å²) in [5.74, 6) is -1.48. The lowest BCUT2D eigenvalue weighted by Gasteiger charge is -2.43. The molecule has 17 nitrogen and oxygen atoms in total. The van der Waals surface area contributed by atoms with E-state index >= 15 is 0 Å². The van der Waals surface area contributed by atoms with Gasteiger partial charge in [-0.2, -0.15) is 0 Å². The first-order chi connectivity index (χ1) is 32.5. The molecule has 1 rings (SSSR count). The molecule has 1 saturated carbocycles. The number of carbonyl (C=O) groups is 2. The number of phosphoric acid groups is 2. The average Bonchev–Trinajstić information content (AvgIpc) is 3.29. The van der Waals surface area contributed by atoms with Crippen molar-refractivity contribution in [3.8, 4) is 0 Å². The average molecular weight is 1000 g/mol. The number of rotatable bonds is 38. The molecule has 5 unspecified atom stereocenters. The van der Waals surface area contributed by atoms with Gasteiger partial charge in [0.15, 0.2) is 6.10 Å². The molecule has 0 radical (unpaired) electrons. The number of hydrogen-bond acceptors (Lipinski definition) is 14.